The molecule has 1 fully saturated rings. The van der Waals surface area contributed by atoms with Crippen molar-refractivity contribution in [3.63, 3.8) is 0 Å². The Bertz CT molecular complexity index is 587. The van der Waals surface area contributed by atoms with Crippen LogP contribution in [0.25, 0.3) is 0 Å². The van der Waals surface area contributed by atoms with Gasteiger partial charge in [-0.25, -0.2) is 13.1 Å². The molecular weight excluding hydrogens is 294 g/mol. The fourth-order valence-electron chi connectivity index (χ4n) is 2.26. The molecule has 0 radical (unpaired) electrons. The van der Waals surface area contributed by atoms with Crippen molar-refractivity contribution in [2.45, 2.75) is 18.9 Å². The van der Waals surface area contributed by atoms with Crippen molar-refractivity contribution < 1.29 is 23.4 Å². The Labute approximate surface area is 123 Å². The molecule has 1 aliphatic carbocycles. The molecule has 6 nitrogen and oxygen atoms in total. The standard InChI is InChI=1S/C14H19NO5S/c16-12(6-10-4-2-1-3-5-10)8-15-21(19,20)9-11-7-13(11)14(17)18/h1-5,11-13,15-16H,6-9H2,(H,17,18)/t11-,12?,13+/m0/s1. The molecule has 1 aliphatic rings. The van der Waals surface area contributed by atoms with E-state index in [1.807, 2.05) is 30.3 Å². The van der Waals surface area contributed by atoms with Crippen molar-refractivity contribution in [2.24, 2.45) is 11.8 Å². The maximum Gasteiger partial charge on any atom is 0.306 e. The average molecular weight is 313 g/mol. The number of nitrogens with one attached hydrogen (secondary N) is 1. The summed E-state index contributed by atoms with van der Waals surface area (Å²) >= 11 is 0. The Morgan fingerprint density at radius 3 is 2.57 bits per heavy atom. The molecule has 0 bridgehead atoms. The van der Waals surface area contributed by atoms with Gasteiger partial charge >= 0.3 is 5.97 Å². The number of hydrogen-bond acceptors (Lipinski definition) is 4. The lowest BCUT2D eigenvalue weighted by atomic mass is 10.1. The van der Waals surface area contributed by atoms with E-state index in [1.54, 1.807) is 0 Å². The van der Waals surface area contributed by atoms with Crippen LogP contribution in [0.1, 0.15) is 12.0 Å². The largest absolute Gasteiger partial charge is 0.481 e. The van der Waals surface area contributed by atoms with Crippen LogP contribution in [-0.2, 0) is 21.2 Å². The van der Waals surface area contributed by atoms with Gasteiger partial charge in [-0.15, -0.1) is 0 Å². The van der Waals surface area contributed by atoms with Gasteiger partial charge in [-0.05, 0) is 24.3 Å². The number of hydrogen-bond donors (Lipinski definition) is 3. The van der Waals surface area contributed by atoms with Gasteiger partial charge in [0.2, 0.25) is 10.0 Å². The first-order valence-corrected chi connectivity index (χ1v) is 8.45. The van der Waals surface area contributed by atoms with E-state index in [-0.39, 0.29) is 18.2 Å². The zero-order valence-corrected chi connectivity index (χ0v) is 12.3. The fraction of sp³-hybridized carbons (Fsp3) is 0.500. The number of aliphatic carboxylic acids is 1. The molecule has 3 N–H and O–H groups in total. The zero-order chi connectivity index (χ0) is 15.5. The Hall–Kier alpha value is -1.44. The monoisotopic (exact) mass is 313 g/mol. The number of benzene rings is 1. The second-order valence-corrected chi connectivity index (χ2v) is 7.27. The van der Waals surface area contributed by atoms with Crippen molar-refractivity contribution in [1.29, 1.82) is 0 Å². The summed E-state index contributed by atoms with van der Waals surface area (Å²) in [4.78, 5) is 10.7. The molecule has 21 heavy (non-hydrogen) atoms. The number of carboxylic acids is 1. The van der Waals surface area contributed by atoms with Gasteiger partial charge in [-0.2, -0.15) is 0 Å². The van der Waals surface area contributed by atoms with E-state index in [0.717, 1.165) is 5.56 Å². The number of rotatable bonds is 8. The van der Waals surface area contributed by atoms with Crippen molar-refractivity contribution in [2.75, 3.05) is 12.3 Å². The first-order valence-electron chi connectivity index (χ1n) is 6.79. The van der Waals surface area contributed by atoms with E-state index in [2.05, 4.69) is 4.72 Å². The molecule has 1 saturated carbocycles. The molecule has 3 atom stereocenters. The van der Waals surface area contributed by atoms with Crippen molar-refractivity contribution in [3.05, 3.63) is 35.9 Å². The van der Waals surface area contributed by atoms with Crippen LogP contribution in [0.15, 0.2) is 30.3 Å². The minimum Gasteiger partial charge on any atom is -0.481 e. The van der Waals surface area contributed by atoms with Crippen LogP contribution < -0.4 is 4.72 Å². The normalized spacial score (nSPS) is 22.7. The lowest BCUT2D eigenvalue weighted by molar-refractivity contribution is -0.138. The van der Waals surface area contributed by atoms with Crippen LogP contribution >= 0.6 is 0 Å². The Morgan fingerprint density at radius 1 is 1.33 bits per heavy atom. The van der Waals surface area contributed by atoms with Crippen molar-refractivity contribution >= 4 is 16.0 Å². The van der Waals surface area contributed by atoms with Crippen LogP contribution in [0.2, 0.25) is 0 Å². The third kappa shape index (κ3) is 5.11. The molecule has 2 rings (SSSR count). The van der Waals surface area contributed by atoms with E-state index in [0.29, 0.717) is 12.8 Å². The molecule has 0 aromatic heterocycles. The quantitative estimate of drug-likeness (QED) is 0.637. The molecule has 1 aromatic rings. The second-order valence-electron chi connectivity index (χ2n) is 5.41. The highest BCUT2D eigenvalue weighted by Crippen LogP contribution is 2.39. The summed E-state index contributed by atoms with van der Waals surface area (Å²) in [6, 6.07) is 9.29. The van der Waals surface area contributed by atoms with Crippen LogP contribution in [0.3, 0.4) is 0 Å². The summed E-state index contributed by atoms with van der Waals surface area (Å²) < 4.78 is 25.9. The predicted molar refractivity (Wildman–Crippen MR) is 77.2 cm³/mol. The molecule has 1 aromatic carbocycles. The van der Waals surface area contributed by atoms with E-state index in [1.165, 1.54) is 0 Å². The third-order valence-electron chi connectivity index (χ3n) is 3.53. The SMILES string of the molecule is O=C(O)[C@@H]1C[C@H]1CS(=O)(=O)NCC(O)Cc1ccccc1. The minimum absolute atomic E-state index is 0.0678. The van der Waals surface area contributed by atoms with Gasteiger partial charge in [-0.3, -0.25) is 4.79 Å². The molecular formula is C14H19NO5S. The summed E-state index contributed by atoms with van der Waals surface area (Å²) in [7, 11) is -3.55. The molecule has 0 amide bonds. The van der Waals surface area contributed by atoms with E-state index < -0.39 is 28.0 Å². The van der Waals surface area contributed by atoms with Gasteiger partial charge in [0.05, 0.1) is 17.8 Å². The molecule has 0 aliphatic heterocycles. The van der Waals surface area contributed by atoms with E-state index in [9.17, 15) is 18.3 Å². The molecule has 0 heterocycles. The third-order valence-corrected chi connectivity index (χ3v) is 5.00. The molecule has 7 heteroatoms. The lowest BCUT2D eigenvalue weighted by Crippen LogP contribution is -2.35. The van der Waals surface area contributed by atoms with Crippen LogP contribution in [-0.4, -0.2) is 43.0 Å². The molecule has 1 unspecified atom stereocenters. The van der Waals surface area contributed by atoms with Gasteiger partial charge in [0.25, 0.3) is 0 Å². The van der Waals surface area contributed by atoms with Crippen LogP contribution in [0.4, 0.5) is 0 Å². The number of aliphatic hydroxyl groups excluding tert-OH is 1. The van der Waals surface area contributed by atoms with Crippen molar-refractivity contribution in [3.8, 4) is 0 Å². The van der Waals surface area contributed by atoms with E-state index in [4.69, 9.17) is 5.11 Å². The Morgan fingerprint density at radius 2 is 2.00 bits per heavy atom. The highest BCUT2D eigenvalue weighted by atomic mass is 32.2. The minimum atomic E-state index is -3.55. The molecule has 0 saturated heterocycles. The first kappa shape index (κ1) is 15.9. The summed E-state index contributed by atoms with van der Waals surface area (Å²) in [6.07, 6.45) is -0.0375. The highest BCUT2D eigenvalue weighted by Gasteiger charge is 2.45. The van der Waals surface area contributed by atoms with Crippen LogP contribution in [0.5, 0.6) is 0 Å². The van der Waals surface area contributed by atoms with Gasteiger partial charge in [-0.1, -0.05) is 30.3 Å². The smallest absolute Gasteiger partial charge is 0.306 e. The van der Waals surface area contributed by atoms with Gasteiger partial charge in [0, 0.05) is 6.54 Å². The Balaban J connectivity index is 1.75. The van der Waals surface area contributed by atoms with E-state index >= 15 is 0 Å². The number of carbonyl (C=O) groups is 1. The summed E-state index contributed by atoms with van der Waals surface area (Å²) in [6.45, 7) is -0.0678. The predicted octanol–water partition coefficient (Wildman–Crippen LogP) is 0.230. The topological polar surface area (TPSA) is 104 Å². The maximum absolute atomic E-state index is 11.8. The van der Waals surface area contributed by atoms with Gasteiger partial charge in [0.15, 0.2) is 0 Å². The lowest BCUT2D eigenvalue weighted by Gasteiger charge is -2.12. The summed E-state index contributed by atoms with van der Waals surface area (Å²) in [5.41, 5.74) is 0.928. The van der Waals surface area contributed by atoms with Gasteiger partial charge in [0.1, 0.15) is 0 Å². The maximum atomic E-state index is 11.8. The van der Waals surface area contributed by atoms with Crippen LogP contribution in [0, 0.1) is 11.8 Å². The highest BCUT2D eigenvalue weighted by molar-refractivity contribution is 7.89. The Kier molecular flexibility index (Phi) is 4.97. The zero-order valence-electron chi connectivity index (χ0n) is 11.5. The number of carboxylic acid groups (broad SMARTS) is 1. The second kappa shape index (κ2) is 6.55. The number of sulfonamides is 1. The van der Waals surface area contributed by atoms with Gasteiger partial charge < -0.3 is 10.2 Å². The summed E-state index contributed by atoms with van der Waals surface area (Å²) in [5, 5.41) is 18.6. The first-order chi connectivity index (χ1) is 9.87. The average Bonchev–Trinajstić information content (AvgIpc) is 3.16. The van der Waals surface area contributed by atoms with Crippen molar-refractivity contribution in [1.82, 2.24) is 4.72 Å². The fourth-order valence-corrected chi connectivity index (χ4v) is 3.75. The number of aliphatic hydroxyl groups is 1. The molecule has 116 valence electrons. The summed E-state index contributed by atoms with van der Waals surface area (Å²) in [5.74, 6) is -2.00. The molecule has 0 spiro atoms.